The van der Waals surface area contributed by atoms with Crippen LogP contribution in [0, 0.1) is 6.92 Å². The quantitative estimate of drug-likeness (QED) is 0.412. The molecule has 4 aromatic rings. The van der Waals surface area contributed by atoms with Gasteiger partial charge in [0.2, 0.25) is 0 Å². The highest BCUT2D eigenvalue weighted by atomic mass is 32.1. The molecule has 1 unspecified atom stereocenters. The summed E-state index contributed by atoms with van der Waals surface area (Å²) in [6.45, 7) is 5.04. The molecule has 1 fully saturated rings. The first-order valence-electron chi connectivity index (χ1n) is 11.2. The van der Waals surface area contributed by atoms with Crippen LogP contribution in [-0.4, -0.2) is 36.4 Å². The van der Waals surface area contributed by atoms with Gasteiger partial charge in [-0.15, -0.1) is 11.3 Å². The van der Waals surface area contributed by atoms with Crippen LogP contribution >= 0.6 is 11.3 Å². The summed E-state index contributed by atoms with van der Waals surface area (Å²) in [6, 6.07) is 26.3. The van der Waals surface area contributed by atoms with Crippen LogP contribution in [0.3, 0.4) is 0 Å². The fraction of sp³-hybridized carbons (Fsp3) is 0.222. The molecule has 6 rings (SSSR count). The van der Waals surface area contributed by atoms with Crippen molar-refractivity contribution < 1.29 is 0 Å². The Labute approximate surface area is 192 Å². The second-order valence-corrected chi connectivity index (χ2v) is 9.87. The van der Waals surface area contributed by atoms with Gasteiger partial charge >= 0.3 is 0 Å². The van der Waals surface area contributed by atoms with Crippen LogP contribution in [0.15, 0.2) is 77.8 Å². The molecule has 5 heteroatoms. The van der Waals surface area contributed by atoms with Crippen molar-refractivity contribution in [2.45, 2.75) is 19.4 Å². The lowest BCUT2D eigenvalue weighted by Gasteiger charge is -2.36. The Morgan fingerprint density at radius 1 is 1.03 bits per heavy atom. The van der Waals surface area contributed by atoms with E-state index >= 15 is 0 Å². The summed E-state index contributed by atoms with van der Waals surface area (Å²) >= 11 is 1.81. The molecule has 3 aromatic carbocycles. The molecule has 0 bridgehead atoms. The molecule has 160 valence electrons. The Hall–Kier alpha value is -3.15. The smallest absolute Gasteiger partial charge is 0.139 e. The molecule has 32 heavy (non-hydrogen) atoms. The van der Waals surface area contributed by atoms with Crippen molar-refractivity contribution in [2.24, 2.45) is 4.99 Å². The second kappa shape index (κ2) is 8.08. The van der Waals surface area contributed by atoms with Gasteiger partial charge in [0.1, 0.15) is 10.8 Å². The van der Waals surface area contributed by atoms with E-state index in [1.54, 1.807) is 11.3 Å². The number of anilines is 2. The van der Waals surface area contributed by atoms with Gasteiger partial charge in [0, 0.05) is 30.6 Å². The molecule has 0 saturated carbocycles. The van der Waals surface area contributed by atoms with Gasteiger partial charge in [0.25, 0.3) is 0 Å². The fourth-order valence-corrected chi connectivity index (χ4v) is 5.80. The van der Waals surface area contributed by atoms with Crippen LogP contribution < -0.4 is 10.6 Å². The van der Waals surface area contributed by atoms with Crippen LogP contribution in [0.25, 0.3) is 10.8 Å². The number of aryl methyl sites for hydroxylation is 1. The van der Waals surface area contributed by atoms with E-state index in [1.807, 2.05) is 0 Å². The summed E-state index contributed by atoms with van der Waals surface area (Å²) in [6.07, 6.45) is 1.01. The molecule has 2 aliphatic heterocycles. The minimum absolute atomic E-state index is 0.381. The van der Waals surface area contributed by atoms with Gasteiger partial charge in [0.15, 0.2) is 0 Å². The highest BCUT2D eigenvalue weighted by Crippen LogP contribution is 2.39. The normalized spacial score (nSPS) is 17.8. The summed E-state index contributed by atoms with van der Waals surface area (Å²) in [5, 5.41) is 11.2. The number of nitrogens with one attached hydrogen (secondary N) is 2. The van der Waals surface area contributed by atoms with E-state index in [1.165, 1.54) is 31.8 Å². The van der Waals surface area contributed by atoms with E-state index in [4.69, 9.17) is 4.99 Å². The average Bonchev–Trinajstić information content (AvgIpc) is 3.11. The molecule has 2 N–H and O–H groups in total. The van der Waals surface area contributed by atoms with Crippen LogP contribution in [0.1, 0.15) is 16.0 Å². The lowest BCUT2D eigenvalue weighted by Crippen LogP contribution is -2.53. The molecular weight excluding hydrogens is 412 g/mol. The minimum atomic E-state index is 0.381. The first kappa shape index (κ1) is 19.5. The van der Waals surface area contributed by atoms with Gasteiger partial charge in [-0.25, -0.2) is 4.99 Å². The standard InChI is InChI=1S/C27H26N4S/c1-18-15-23-26(29-24-11-4-5-12-25(24)30-27(23)32-18)31-14-13-28-21(17-31)16-20-9-6-8-19-7-2-3-10-22(19)20/h2-12,15,21,28,30H,13-14,16-17H2,1H3. The fourth-order valence-electron chi connectivity index (χ4n) is 4.88. The number of para-hydroxylation sites is 2. The predicted molar refractivity (Wildman–Crippen MR) is 136 cm³/mol. The van der Waals surface area contributed by atoms with Gasteiger partial charge in [-0.1, -0.05) is 54.6 Å². The zero-order valence-corrected chi connectivity index (χ0v) is 19.0. The van der Waals surface area contributed by atoms with Crippen LogP contribution in [-0.2, 0) is 6.42 Å². The second-order valence-electron chi connectivity index (χ2n) is 8.62. The van der Waals surface area contributed by atoms with E-state index in [9.17, 15) is 0 Å². The molecule has 0 spiro atoms. The third-order valence-electron chi connectivity index (χ3n) is 6.38. The summed E-state index contributed by atoms with van der Waals surface area (Å²) in [4.78, 5) is 8.94. The molecule has 1 saturated heterocycles. The zero-order chi connectivity index (χ0) is 21.5. The molecule has 0 aliphatic carbocycles. The topological polar surface area (TPSA) is 39.7 Å². The molecule has 1 atom stereocenters. The number of hydrogen-bond acceptors (Lipinski definition) is 5. The van der Waals surface area contributed by atoms with Crippen molar-refractivity contribution >= 4 is 44.3 Å². The van der Waals surface area contributed by atoms with E-state index in [0.29, 0.717) is 6.04 Å². The van der Waals surface area contributed by atoms with Crippen molar-refractivity contribution in [3.8, 4) is 0 Å². The highest BCUT2D eigenvalue weighted by molar-refractivity contribution is 7.16. The van der Waals surface area contributed by atoms with Gasteiger partial charge in [0.05, 0.1) is 16.9 Å². The number of nitrogens with zero attached hydrogens (tertiary/aromatic N) is 2. The number of fused-ring (bicyclic) bond motifs is 3. The molecule has 0 amide bonds. The Balaban J connectivity index is 1.33. The van der Waals surface area contributed by atoms with E-state index in [-0.39, 0.29) is 0 Å². The highest BCUT2D eigenvalue weighted by Gasteiger charge is 2.27. The third-order valence-corrected chi connectivity index (χ3v) is 7.34. The van der Waals surface area contributed by atoms with E-state index in [2.05, 4.69) is 95.3 Å². The Bertz CT molecular complexity index is 1320. The largest absolute Gasteiger partial charge is 0.353 e. The maximum atomic E-state index is 5.17. The molecular formula is C27H26N4S. The number of piperazine rings is 1. The summed E-state index contributed by atoms with van der Waals surface area (Å²) in [7, 11) is 0. The van der Waals surface area contributed by atoms with Crippen molar-refractivity contribution in [3.05, 3.63) is 88.8 Å². The maximum absolute atomic E-state index is 5.17. The van der Waals surface area contributed by atoms with Crippen LogP contribution in [0.5, 0.6) is 0 Å². The summed E-state index contributed by atoms with van der Waals surface area (Å²) in [5.74, 6) is 1.09. The molecule has 2 aliphatic rings. The molecule has 3 heterocycles. The predicted octanol–water partition coefficient (Wildman–Crippen LogP) is 5.86. The zero-order valence-electron chi connectivity index (χ0n) is 18.1. The SMILES string of the molecule is Cc1cc2c(s1)Nc1ccccc1N=C2N1CCNC(Cc2cccc3ccccc23)C1. The van der Waals surface area contributed by atoms with Gasteiger partial charge in [-0.3, -0.25) is 0 Å². The Kier molecular flexibility index (Phi) is 4.93. The van der Waals surface area contributed by atoms with Crippen molar-refractivity contribution in [2.75, 3.05) is 25.0 Å². The molecule has 0 radical (unpaired) electrons. The van der Waals surface area contributed by atoms with Gasteiger partial charge in [-0.05, 0) is 47.9 Å². The lowest BCUT2D eigenvalue weighted by atomic mass is 9.97. The van der Waals surface area contributed by atoms with Crippen molar-refractivity contribution in [3.63, 3.8) is 0 Å². The maximum Gasteiger partial charge on any atom is 0.139 e. The number of benzene rings is 3. The molecule has 1 aromatic heterocycles. The van der Waals surface area contributed by atoms with Gasteiger partial charge < -0.3 is 15.5 Å². The number of hydrogen-bond donors (Lipinski definition) is 2. The molecule has 4 nitrogen and oxygen atoms in total. The van der Waals surface area contributed by atoms with Crippen LogP contribution in [0.2, 0.25) is 0 Å². The van der Waals surface area contributed by atoms with Crippen molar-refractivity contribution in [1.82, 2.24) is 10.2 Å². The number of thiophene rings is 1. The van der Waals surface area contributed by atoms with Crippen LogP contribution in [0.4, 0.5) is 16.4 Å². The number of amidine groups is 1. The summed E-state index contributed by atoms with van der Waals surface area (Å²) in [5.41, 5.74) is 4.71. The van der Waals surface area contributed by atoms with Crippen molar-refractivity contribution in [1.29, 1.82) is 0 Å². The number of aliphatic imine (C=N–C) groups is 1. The average molecular weight is 439 g/mol. The summed E-state index contributed by atoms with van der Waals surface area (Å²) < 4.78 is 0. The Morgan fingerprint density at radius 2 is 1.88 bits per heavy atom. The third kappa shape index (κ3) is 3.57. The van der Waals surface area contributed by atoms with E-state index in [0.717, 1.165) is 43.3 Å². The first-order valence-corrected chi connectivity index (χ1v) is 12.1. The van der Waals surface area contributed by atoms with E-state index < -0.39 is 0 Å². The lowest BCUT2D eigenvalue weighted by molar-refractivity contribution is 0.291. The van der Waals surface area contributed by atoms with Gasteiger partial charge in [-0.2, -0.15) is 0 Å². The Morgan fingerprint density at radius 3 is 2.84 bits per heavy atom. The monoisotopic (exact) mass is 438 g/mol. The number of rotatable bonds is 2. The minimum Gasteiger partial charge on any atom is -0.353 e. The first-order chi connectivity index (χ1) is 15.7.